The van der Waals surface area contributed by atoms with E-state index in [4.69, 9.17) is 0 Å². The normalized spacial score (nSPS) is 10.1. The number of carbonyl (C=O) groups is 2. The van der Waals surface area contributed by atoms with Gasteiger partial charge in [0, 0.05) is 17.3 Å². The first-order valence-corrected chi connectivity index (χ1v) is 6.51. The molecule has 1 aromatic carbocycles. The van der Waals surface area contributed by atoms with Crippen molar-refractivity contribution in [1.82, 2.24) is 0 Å². The lowest BCUT2D eigenvalue weighted by atomic mass is 10.2. The maximum absolute atomic E-state index is 11.5. The van der Waals surface area contributed by atoms with E-state index in [9.17, 15) is 9.59 Å². The Bertz CT molecular complexity index is 419. The summed E-state index contributed by atoms with van der Waals surface area (Å²) >= 11 is 1.11. The third-order valence-electron chi connectivity index (χ3n) is 2.09. The number of thioether (sulfide) groups is 1. The number of hydrogen-bond donors (Lipinski definition) is 2. The molecule has 0 heterocycles. The van der Waals surface area contributed by atoms with Crippen molar-refractivity contribution in [3.8, 4) is 0 Å². The first-order valence-electron chi connectivity index (χ1n) is 5.29. The highest BCUT2D eigenvalue weighted by Crippen LogP contribution is 2.17. The van der Waals surface area contributed by atoms with Gasteiger partial charge in [-0.1, -0.05) is 31.7 Å². The SMILES string of the molecule is CSC(=O)Nc1cccc(NC(=O)C(C)C)c1. The molecule has 1 aromatic rings. The molecule has 5 heteroatoms. The largest absolute Gasteiger partial charge is 0.326 e. The van der Waals surface area contributed by atoms with Crippen molar-refractivity contribution in [2.75, 3.05) is 16.9 Å². The Kier molecular flexibility index (Phi) is 5.03. The molecule has 0 aliphatic heterocycles. The zero-order valence-corrected chi connectivity index (χ0v) is 10.9. The van der Waals surface area contributed by atoms with Crippen LogP contribution in [0, 0.1) is 5.92 Å². The summed E-state index contributed by atoms with van der Waals surface area (Å²) < 4.78 is 0. The Balaban J connectivity index is 2.72. The minimum absolute atomic E-state index is 0.0432. The molecule has 0 radical (unpaired) electrons. The molecular formula is C12H16N2O2S. The molecule has 0 unspecified atom stereocenters. The second-order valence-electron chi connectivity index (χ2n) is 3.84. The van der Waals surface area contributed by atoms with Gasteiger partial charge in [0.05, 0.1) is 0 Å². The van der Waals surface area contributed by atoms with E-state index in [0.717, 1.165) is 11.8 Å². The lowest BCUT2D eigenvalue weighted by Gasteiger charge is -2.09. The Morgan fingerprint density at radius 3 is 2.29 bits per heavy atom. The third-order valence-corrected chi connectivity index (χ3v) is 2.56. The molecule has 2 amide bonds. The molecule has 0 saturated carbocycles. The summed E-state index contributed by atoms with van der Waals surface area (Å²) in [6, 6.07) is 7.08. The van der Waals surface area contributed by atoms with Crippen LogP contribution in [0.1, 0.15) is 13.8 Å². The van der Waals surface area contributed by atoms with Crippen LogP contribution in [0.2, 0.25) is 0 Å². The third kappa shape index (κ3) is 4.48. The minimum Gasteiger partial charge on any atom is -0.326 e. The zero-order valence-electron chi connectivity index (χ0n) is 10.1. The molecular weight excluding hydrogens is 236 g/mol. The Hall–Kier alpha value is -1.49. The number of amides is 2. The van der Waals surface area contributed by atoms with Crippen molar-refractivity contribution < 1.29 is 9.59 Å². The van der Waals surface area contributed by atoms with Gasteiger partial charge < -0.3 is 10.6 Å². The highest BCUT2D eigenvalue weighted by molar-refractivity contribution is 8.13. The number of rotatable bonds is 3. The van der Waals surface area contributed by atoms with Gasteiger partial charge in [0.15, 0.2) is 0 Å². The Morgan fingerprint density at radius 1 is 1.18 bits per heavy atom. The van der Waals surface area contributed by atoms with Crippen molar-refractivity contribution >= 4 is 34.3 Å². The predicted octanol–water partition coefficient (Wildman–Crippen LogP) is 3.18. The van der Waals surface area contributed by atoms with E-state index in [1.807, 2.05) is 13.8 Å². The summed E-state index contributed by atoms with van der Waals surface area (Å²) in [6.07, 6.45) is 1.71. The maximum Gasteiger partial charge on any atom is 0.283 e. The smallest absolute Gasteiger partial charge is 0.283 e. The monoisotopic (exact) mass is 252 g/mol. The molecule has 0 fully saturated rings. The van der Waals surface area contributed by atoms with Crippen LogP contribution in [0.3, 0.4) is 0 Å². The predicted molar refractivity (Wildman–Crippen MR) is 72.4 cm³/mol. The van der Waals surface area contributed by atoms with Crippen molar-refractivity contribution in [2.24, 2.45) is 5.92 Å². The van der Waals surface area contributed by atoms with Gasteiger partial charge in [-0.15, -0.1) is 0 Å². The van der Waals surface area contributed by atoms with Gasteiger partial charge >= 0.3 is 0 Å². The summed E-state index contributed by atoms with van der Waals surface area (Å²) in [7, 11) is 0. The van der Waals surface area contributed by atoms with Crippen molar-refractivity contribution in [3.63, 3.8) is 0 Å². The van der Waals surface area contributed by atoms with Crippen LogP contribution >= 0.6 is 11.8 Å². The highest BCUT2D eigenvalue weighted by Gasteiger charge is 2.07. The lowest BCUT2D eigenvalue weighted by Crippen LogP contribution is -2.17. The van der Waals surface area contributed by atoms with Gasteiger partial charge in [-0.3, -0.25) is 9.59 Å². The van der Waals surface area contributed by atoms with Gasteiger partial charge in [-0.2, -0.15) is 0 Å². The van der Waals surface area contributed by atoms with Crippen LogP contribution in [0.5, 0.6) is 0 Å². The first kappa shape index (κ1) is 13.6. The molecule has 0 atom stereocenters. The van der Waals surface area contributed by atoms with E-state index in [0.29, 0.717) is 11.4 Å². The molecule has 1 rings (SSSR count). The Labute approximate surface area is 105 Å². The topological polar surface area (TPSA) is 58.2 Å². The van der Waals surface area contributed by atoms with E-state index in [2.05, 4.69) is 10.6 Å². The van der Waals surface area contributed by atoms with Gasteiger partial charge in [-0.25, -0.2) is 0 Å². The van der Waals surface area contributed by atoms with Crippen LogP contribution < -0.4 is 10.6 Å². The summed E-state index contributed by atoms with van der Waals surface area (Å²) in [5, 5.41) is 5.36. The van der Waals surface area contributed by atoms with Gasteiger partial charge in [0.1, 0.15) is 0 Å². The molecule has 17 heavy (non-hydrogen) atoms. The van der Waals surface area contributed by atoms with Crippen LogP contribution in [-0.2, 0) is 4.79 Å². The van der Waals surface area contributed by atoms with E-state index < -0.39 is 0 Å². The van der Waals surface area contributed by atoms with Crippen LogP contribution in [0.4, 0.5) is 16.2 Å². The fraction of sp³-hybridized carbons (Fsp3) is 0.333. The number of anilines is 2. The molecule has 2 N–H and O–H groups in total. The zero-order chi connectivity index (χ0) is 12.8. The molecule has 0 saturated heterocycles. The average molecular weight is 252 g/mol. The number of carbonyl (C=O) groups excluding carboxylic acids is 2. The fourth-order valence-electron chi connectivity index (χ4n) is 1.13. The molecule has 92 valence electrons. The van der Waals surface area contributed by atoms with E-state index >= 15 is 0 Å². The van der Waals surface area contributed by atoms with Gasteiger partial charge in [0.25, 0.3) is 5.24 Å². The summed E-state index contributed by atoms with van der Waals surface area (Å²) in [5.41, 5.74) is 1.36. The second kappa shape index (κ2) is 6.30. The van der Waals surface area contributed by atoms with Crippen molar-refractivity contribution in [3.05, 3.63) is 24.3 Å². The minimum atomic E-state index is -0.127. The van der Waals surface area contributed by atoms with E-state index in [1.54, 1.807) is 30.5 Å². The highest BCUT2D eigenvalue weighted by atomic mass is 32.2. The Morgan fingerprint density at radius 2 is 1.76 bits per heavy atom. The molecule has 4 nitrogen and oxygen atoms in total. The van der Waals surface area contributed by atoms with Crippen LogP contribution in [0.15, 0.2) is 24.3 Å². The molecule has 0 aliphatic rings. The maximum atomic E-state index is 11.5. The van der Waals surface area contributed by atoms with Gasteiger partial charge in [-0.05, 0) is 24.5 Å². The van der Waals surface area contributed by atoms with Crippen molar-refractivity contribution in [1.29, 1.82) is 0 Å². The average Bonchev–Trinajstić information content (AvgIpc) is 2.29. The van der Waals surface area contributed by atoms with Crippen LogP contribution in [0.25, 0.3) is 0 Å². The second-order valence-corrected chi connectivity index (χ2v) is 4.62. The van der Waals surface area contributed by atoms with E-state index in [1.165, 1.54) is 0 Å². The molecule has 0 spiro atoms. The fourth-order valence-corrected chi connectivity index (χ4v) is 1.35. The molecule has 0 bridgehead atoms. The molecule has 0 aliphatic carbocycles. The number of hydrogen-bond acceptors (Lipinski definition) is 3. The van der Waals surface area contributed by atoms with Gasteiger partial charge in [0.2, 0.25) is 5.91 Å². The lowest BCUT2D eigenvalue weighted by molar-refractivity contribution is -0.118. The number of nitrogens with one attached hydrogen (secondary N) is 2. The quantitative estimate of drug-likeness (QED) is 0.868. The molecule has 0 aromatic heterocycles. The first-order chi connectivity index (χ1) is 8.02. The summed E-state index contributed by atoms with van der Waals surface area (Å²) in [5.74, 6) is -0.113. The summed E-state index contributed by atoms with van der Waals surface area (Å²) in [6.45, 7) is 3.66. The van der Waals surface area contributed by atoms with E-state index in [-0.39, 0.29) is 17.1 Å². The van der Waals surface area contributed by atoms with Crippen LogP contribution in [-0.4, -0.2) is 17.4 Å². The standard InChI is InChI=1S/C12H16N2O2S/c1-8(2)11(15)13-9-5-4-6-10(7-9)14-12(16)17-3/h4-8H,1-3H3,(H,13,15)(H,14,16). The summed E-state index contributed by atoms with van der Waals surface area (Å²) in [4.78, 5) is 22.7. The number of benzene rings is 1. The van der Waals surface area contributed by atoms with Crippen molar-refractivity contribution in [2.45, 2.75) is 13.8 Å².